The van der Waals surface area contributed by atoms with E-state index in [9.17, 15) is 0 Å². The molecule has 84 valence electrons. The number of rotatable bonds is 1. The van der Waals surface area contributed by atoms with Crippen LogP contribution in [-0.2, 0) is 19.3 Å². The van der Waals surface area contributed by atoms with Gasteiger partial charge in [0.05, 0.1) is 10.7 Å². The molecule has 1 unspecified atom stereocenters. The van der Waals surface area contributed by atoms with Crippen molar-refractivity contribution in [2.75, 3.05) is 0 Å². The fourth-order valence-electron chi connectivity index (χ4n) is 1.98. The van der Waals surface area contributed by atoms with Crippen LogP contribution in [0.3, 0.4) is 0 Å². The molecule has 2 nitrogen and oxygen atoms in total. The van der Waals surface area contributed by atoms with E-state index in [1.54, 1.807) is 0 Å². The first-order valence-corrected chi connectivity index (χ1v) is 6.49. The summed E-state index contributed by atoms with van der Waals surface area (Å²) in [7, 11) is 0. The third-order valence-electron chi connectivity index (χ3n) is 2.70. The molecule has 2 N–H and O–H groups in total. The number of fused-ring (bicyclic) bond motifs is 1. The lowest BCUT2D eigenvalue weighted by Crippen LogP contribution is -2.27. The number of nitrogens with two attached hydrogens (primary N) is 1. The molecule has 15 heavy (non-hydrogen) atoms. The molecular formula is C12H20N2S. The molecule has 0 saturated heterocycles. The molecule has 0 amide bonds. The van der Waals surface area contributed by atoms with Crippen molar-refractivity contribution in [1.29, 1.82) is 0 Å². The quantitative estimate of drug-likeness (QED) is 0.796. The average Bonchev–Trinajstić information content (AvgIpc) is 2.42. The van der Waals surface area contributed by atoms with Crippen LogP contribution in [0.5, 0.6) is 0 Å². The first-order valence-electron chi connectivity index (χ1n) is 5.67. The van der Waals surface area contributed by atoms with E-state index >= 15 is 0 Å². The molecule has 1 heterocycles. The van der Waals surface area contributed by atoms with E-state index in [0.717, 1.165) is 25.7 Å². The summed E-state index contributed by atoms with van der Waals surface area (Å²) in [5.41, 5.74) is 7.62. The van der Waals surface area contributed by atoms with Gasteiger partial charge in [-0.05, 0) is 24.7 Å². The minimum Gasteiger partial charge on any atom is -0.327 e. The van der Waals surface area contributed by atoms with Crippen molar-refractivity contribution < 1.29 is 0 Å². The van der Waals surface area contributed by atoms with E-state index in [-0.39, 0.29) is 0 Å². The van der Waals surface area contributed by atoms with E-state index in [1.807, 2.05) is 11.3 Å². The zero-order chi connectivity index (χ0) is 11.1. The highest BCUT2D eigenvalue weighted by Crippen LogP contribution is 2.30. The van der Waals surface area contributed by atoms with Crippen LogP contribution in [0, 0.1) is 5.41 Å². The molecule has 0 fully saturated rings. The Morgan fingerprint density at radius 2 is 2.20 bits per heavy atom. The predicted molar refractivity (Wildman–Crippen MR) is 65.3 cm³/mol. The van der Waals surface area contributed by atoms with Crippen LogP contribution in [0.4, 0.5) is 0 Å². The fraction of sp³-hybridized carbons (Fsp3) is 0.750. The van der Waals surface area contributed by atoms with Gasteiger partial charge < -0.3 is 5.73 Å². The molecule has 0 radical (unpaired) electrons. The van der Waals surface area contributed by atoms with Crippen LogP contribution in [-0.4, -0.2) is 11.0 Å². The Labute approximate surface area is 95.9 Å². The van der Waals surface area contributed by atoms with E-state index in [4.69, 9.17) is 10.7 Å². The smallest absolute Gasteiger partial charge is 0.0936 e. The van der Waals surface area contributed by atoms with E-state index < -0.39 is 0 Å². The standard InChI is InChI=1S/C12H20N2S/c1-12(2,3)7-11-14-9-5-4-8(13)6-10(9)15-11/h8H,4-7,13H2,1-3H3. The molecule has 1 aliphatic rings. The summed E-state index contributed by atoms with van der Waals surface area (Å²) >= 11 is 1.87. The normalized spacial score (nSPS) is 21.5. The molecule has 3 heteroatoms. The zero-order valence-corrected chi connectivity index (χ0v) is 10.7. The lowest BCUT2D eigenvalue weighted by Gasteiger charge is -2.15. The Hall–Kier alpha value is -0.410. The molecule has 1 aromatic heterocycles. The van der Waals surface area contributed by atoms with E-state index in [0.29, 0.717) is 11.5 Å². The van der Waals surface area contributed by atoms with Crippen LogP contribution in [0.1, 0.15) is 42.8 Å². The Bertz CT molecular complexity index is 349. The van der Waals surface area contributed by atoms with Crippen molar-refractivity contribution >= 4 is 11.3 Å². The van der Waals surface area contributed by atoms with Gasteiger partial charge >= 0.3 is 0 Å². The van der Waals surface area contributed by atoms with Gasteiger partial charge in [-0.1, -0.05) is 20.8 Å². The summed E-state index contributed by atoms with van der Waals surface area (Å²) in [6, 6.07) is 0.362. The molecule has 2 rings (SSSR count). The van der Waals surface area contributed by atoms with Gasteiger partial charge in [0, 0.05) is 17.3 Å². The first kappa shape index (κ1) is 11.1. The number of thiazole rings is 1. The van der Waals surface area contributed by atoms with Crippen molar-refractivity contribution in [1.82, 2.24) is 4.98 Å². The van der Waals surface area contributed by atoms with Gasteiger partial charge in [-0.2, -0.15) is 0 Å². The molecule has 1 atom stereocenters. The summed E-state index contributed by atoms with van der Waals surface area (Å²) in [4.78, 5) is 6.17. The number of hydrogen-bond acceptors (Lipinski definition) is 3. The van der Waals surface area contributed by atoms with Crippen LogP contribution < -0.4 is 5.73 Å². The maximum Gasteiger partial charge on any atom is 0.0936 e. The molecule has 0 spiro atoms. The van der Waals surface area contributed by atoms with Gasteiger partial charge in [0.25, 0.3) is 0 Å². The highest BCUT2D eigenvalue weighted by molar-refractivity contribution is 7.11. The molecule has 0 bridgehead atoms. The minimum atomic E-state index is 0.336. The van der Waals surface area contributed by atoms with E-state index in [1.165, 1.54) is 15.6 Å². The largest absolute Gasteiger partial charge is 0.327 e. The van der Waals surface area contributed by atoms with Crippen molar-refractivity contribution in [3.63, 3.8) is 0 Å². The van der Waals surface area contributed by atoms with Gasteiger partial charge in [-0.3, -0.25) is 0 Å². The maximum absolute atomic E-state index is 5.96. The molecular weight excluding hydrogens is 204 g/mol. The highest BCUT2D eigenvalue weighted by Gasteiger charge is 2.22. The predicted octanol–water partition coefficient (Wildman–Crippen LogP) is 2.55. The fourth-order valence-corrected chi connectivity index (χ4v) is 3.49. The van der Waals surface area contributed by atoms with Crippen molar-refractivity contribution in [2.24, 2.45) is 11.1 Å². The molecule has 0 aromatic carbocycles. The molecule has 0 saturated carbocycles. The van der Waals surface area contributed by atoms with Crippen molar-refractivity contribution in [2.45, 2.75) is 52.5 Å². The number of nitrogens with zero attached hydrogens (tertiary/aromatic N) is 1. The Morgan fingerprint density at radius 3 is 2.87 bits per heavy atom. The lowest BCUT2D eigenvalue weighted by atomic mass is 9.93. The zero-order valence-electron chi connectivity index (χ0n) is 9.84. The topological polar surface area (TPSA) is 38.9 Å². The SMILES string of the molecule is CC(C)(C)Cc1nc2c(s1)CC(N)CC2. The van der Waals surface area contributed by atoms with Crippen molar-refractivity contribution in [3.05, 3.63) is 15.6 Å². The summed E-state index contributed by atoms with van der Waals surface area (Å²) in [6.45, 7) is 6.79. The summed E-state index contributed by atoms with van der Waals surface area (Å²) in [5, 5.41) is 1.29. The number of aryl methyl sites for hydroxylation is 1. The Balaban J connectivity index is 2.16. The van der Waals surface area contributed by atoms with Gasteiger partial charge in [-0.25, -0.2) is 4.98 Å². The highest BCUT2D eigenvalue weighted by atomic mass is 32.1. The average molecular weight is 224 g/mol. The van der Waals surface area contributed by atoms with Crippen LogP contribution in [0.15, 0.2) is 0 Å². The summed E-state index contributed by atoms with van der Waals surface area (Å²) in [6.07, 6.45) is 4.31. The first-order chi connectivity index (χ1) is 6.94. The third-order valence-corrected chi connectivity index (χ3v) is 3.82. The van der Waals surface area contributed by atoms with Gasteiger partial charge in [-0.15, -0.1) is 11.3 Å². The van der Waals surface area contributed by atoms with Gasteiger partial charge in [0.15, 0.2) is 0 Å². The van der Waals surface area contributed by atoms with Crippen LogP contribution in [0.2, 0.25) is 0 Å². The Kier molecular flexibility index (Phi) is 2.86. The molecule has 0 aliphatic heterocycles. The van der Waals surface area contributed by atoms with E-state index in [2.05, 4.69) is 20.8 Å². The molecule has 1 aliphatic carbocycles. The minimum absolute atomic E-state index is 0.336. The van der Waals surface area contributed by atoms with Crippen molar-refractivity contribution in [3.8, 4) is 0 Å². The maximum atomic E-state index is 5.96. The van der Waals surface area contributed by atoms with Gasteiger partial charge in [0.2, 0.25) is 0 Å². The monoisotopic (exact) mass is 224 g/mol. The Morgan fingerprint density at radius 1 is 1.47 bits per heavy atom. The second kappa shape index (κ2) is 3.87. The number of hydrogen-bond donors (Lipinski definition) is 1. The molecule has 1 aromatic rings. The summed E-state index contributed by atoms with van der Waals surface area (Å²) in [5.74, 6) is 0. The second-order valence-corrected chi connectivity index (χ2v) is 6.89. The second-order valence-electron chi connectivity index (χ2n) is 5.72. The lowest BCUT2D eigenvalue weighted by molar-refractivity contribution is 0.410. The third kappa shape index (κ3) is 2.79. The van der Waals surface area contributed by atoms with Crippen LogP contribution >= 0.6 is 11.3 Å². The number of aromatic nitrogens is 1. The summed E-state index contributed by atoms with van der Waals surface area (Å²) < 4.78 is 0. The van der Waals surface area contributed by atoms with Gasteiger partial charge in [0.1, 0.15) is 0 Å². The van der Waals surface area contributed by atoms with Crippen LogP contribution in [0.25, 0.3) is 0 Å².